The van der Waals surface area contributed by atoms with Gasteiger partial charge in [0.05, 0.1) is 11.4 Å². The third kappa shape index (κ3) is 2.20. The van der Waals surface area contributed by atoms with Crippen LogP contribution in [-0.4, -0.2) is 58.2 Å². The molecule has 1 aromatic rings. The molecule has 2 rings (SSSR count). The number of rotatable bonds is 2. The Labute approximate surface area is 107 Å². The number of anilines is 1. The number of amides is 1. The Kier molecular flexibility index (Phi) is 3.56. The second kappa shape index (κ2) is 4.97. The lowest BCUT2D eigenvalue weighted by molar-refractivity contribution is 0.0633. The second-order valence-corrected chi connectivity index (χ2v) is 4.70. The van der Waals surface area contributed by atoms with Gasteiger partial charge in [-0.05, 0) is 13.5 Å². The highest BCUT2D eigenvalue weighted by Crippen LogP contribution is 2.18. The molecule has 18 heavy (non-hydrogen) atoms. The van der Waals surface area contributed by atoms with Crippen molar-refractivity contribution in [2.45, 2.75) is 13.8 Å². The third-order valence-corrected chi connectivity index (χ3v) is 3.58. The average molecular weight is 251 g/mol. The zero-order valence-electron chi connectivity index (χ0n) is 11.3. The van der Waals surface area contributed by atoms with Gasteiger partial charge < -0.3 is 15.5 Å². The number of piperazine rings is 1. The molecule has 0 aromatic carbocycles. The van der Waals surface area contributed by atoms with Crippen LogP contribution in [0.4, 0.5) is 5.69 Å². The van der Waals surface area contributed by atoms with Crippen LogP contribution in [0.5, 0.6) is 0 Å². The quantitative estimate of drug-likeness (QED) is 0.809. The Morgan fingerprint density at radius 3 is 2.39 bits per heavy atom. The van der Waals surface area contributed by atoms with Crippen LogP contribution < -0.4 is 5.73 Å². The fourth-order valence-corrected chi connectivity index (χ4v) is 2.35. The monoisotopic (exact) mass is 251 g/mol. The maximum absolute atomic E-state index is 12.4. The van der Waals surface area contributed by atoms with E-state index in [4.69, 9.17) is 5.73 Å². The normalized spacial score (nSPS) is 17.2. The molecule has 1 aliphatic rings. The van der Waals surface area contributed by atoms with Crippen molar-refractivity contribution in [3.05, 3.63) is 11.4 Å². The van der Waals surface area contributed by atoms with Gasteiger partial charge in [-0.1, -0.05) is 6.92 Å². The fraction of sp³-hybridized carbons (Fsp3) is 0.667. The highest BCUT2D eigenvalue weighted by molar-refractivity contribution is 5.98. The maximum Gasteiger partial charge on any atom is 0.274 e. The van der Waals surface area contributed by atoms with Crippen molar-refractivity contribution in [2.24, 2.45) is 7.05 Å². The molecular weight excluding hydrogens is 230 g/mol. The summed E-state index contributed by atoms with van der Waals surface area (Å²) in [5.74, 6) is -0.00801. The van der Waals surface area contributed by atoms with Crippen LogP contribution in [0, 0.1) is 6.92 Å². The van der Waals surface area contributed by atoms with Gasteiger partial charge in [0.2, 0.25) is 0 Å². The number of hydrogen-bond donors (Lipinski definition) is 1. The van der Waals surface area contributed by atoms with E-state index in [0.717, 1.165) is 32.7 Å². The van der Waals surface area contributed by atoms with Crippen molar-refractivity contribution in [1.82, 2.24) is 19.6 Å². The number of nitrogens with two attached hydrogens (primary N) is 1. The van der Waals surface area contributed by atoms with Gasteiger partial charge >= 0.3 is 0 Å². The summed E-state index contributed by atoms with van der Waals surface area (Å²) in [4.78, 5) is 16.6. The largest absolute Gasteiger partial charge is 0.395 e. The molecule has 6 nitrogen and oxygen atoms in total. The minimum absolute atomic E-state index is 0.00801. The van der Waals surface area contributed by atoms with Gasteiger partial charge in [-0.25, -0.2) is 0 Å². The third-order valence-electron chi connectivity index (χ3n) is 3.58. The summed E-state index contributed by atoms with van der Waals surface area (Å²) in [6, 6.07) is 0. The molecular formula is C12H21N5O. The molecule has 0 bridgehead atoms. The highest BCUT2D eigenvalue weighted by Gasteiger charge is 2.26. The molecule has 2 N–H and O–H groups in total. The highest BCUT2D eigenvalue weighted by atomic mass is 16.2. The minimum atomic E-state index is -0.00801. The van der Waals surface area contributed by atoms with E-state index in [-0.39, 0.29) is 5.91 Å². The number of nitrogens with zero attached hydrogens (tertiary/aromatic N) is 4. The predicted octanol–water partition coefficient (Wildman–Crippen LogP) is 0.0884. The van der Waals surface area contributed by atoms with Crippen LogP contribution in [0.25, 0.3) is 0 Å². The SMILES string of the molecule is CCN1CCN(C(=O)c2c(N)c(C)nn2C)CC1. The van der Waals surface area contributed by atoms with Crippen molar-refractivity contribution in [1.29, 1.82) is 0 Å². The molecule has 0 atom stereocenters. The number of carbonyl (C=O) groups is 1. The van der Waals surface area contributed by atoms with E-state index in [9.17, 15) is 4.79 Å². The summed E-state index contributed by atoms with van der Waals surface area (Å²) in [7, 11) is 1.76. The van der Waals surface area contributed by atoms with E-state index >= 15 is 0 Å². The van der Waals surface area contributed by atoms with Gasteiger partial charge in [0.25, 0.3) is 5.91 Å². The Bertz CT molecular complexity index is 446. The van der Waals surface area contributed by atoms with Crippen molar-refractivity contribution in [3.8, 4) is 0 Å². The molecule has 1 saturated heterocycles. The number of carbonyl (C=O) groups excluding carboxylic acids is 1. The van der Waals surface area contributed by atoms with Crippen LogP contribution in [-0.2, 0) is 7.05 Å². The van der Waals surface area contributed by atoms with Gasteiger partial charge in [0, 0.05) is 33.2 Å². The van der Waals surface area contributed by atoms with Crippen molar-refractivity contribution >= 4 is 11.6 Å². The van der Waals surface area contributed by atoms with Crippen LogP contribution in [0.1, 0.15) is 23.1 Å². The van der Waals surface area contributed by atoms with E-state index < -0.39 is 0 Å². The van der Waals surface area contributed by atoms with Crippen LogP contribution in [0.3, 0.4) is 0 Å². The van der Waals surface area contributed by atoms with Crippen LogP contribution >= 0.6 is 0 Å². The van der Waals surface area contributed by atoms with Gasteiger partial charge in [-0.15, -0.1) is 0 Å². The van der Waals surface area contributed by atoms with Crippen molar-refractivity contribution in [2.75, 3.05) is 38.5 Å². The van der Waals surface area contributed by atoms with Crippen LogP contribution in [0.15, 0.2) is 0 Å². The standard InChI is InChI=1S/C12H21N5O/c1-4-16-5-7-17(8-6-16)12(18)11-10(13)9(2)14-15(11)3/h4-8,13H2,1-3H3. The maximum atomic E-state index is 12.4. The molecule has 0 saturated carbocycles. The number of hydrogen-bond acceptors (Lipinski definition) is 4. The zero-order valence-corrected chi connectivity index (χ0v) is 11.3. The number of nitrogen functional groups attached to an aromatic ring is 1. The Morgan fingerprint density at radius 1 is 1.33 bits per heavy atom. The summed E-state index contributed by atoms with van der Waals surface area (Å²) in [5.41, 5.74) is 7.65. The molecule has 2 heterocycles. The van der Waals surface area contributed by atoms with Gasteiger partial charge in [-0.3, -0.25) is 9.48 Å². The fourth-order valence-electron chi connectivity index (χ4n) is 2.35. The topological polar surface area (TPSA) is 67.4 Å². The lowest BCUT2D eigenvalue weighted by Gasteiger charge is -2.34. The lowest BCUT2D eigenvalue weighted by Crippen LogP contribution is -2.48. The smallest absolute Gasteiger partial charge is 0.274 e. The molecule has 0 radical (unpaired) electrons. The molecule has 1 amide bonds. The molecule has 0 spiro atoms. The summed E-state index contributed by atoms with van der Waals surface area (Å²) < 4.78 is 1.58. The molecule has 1 fully saturated rings. The van der Waals surface area contributed by atoms with E-state index in [1.54, 1.807) is 11.7 Å². The van der Waals surface area contributed by atoms with Crippen LogP contribution in [0.2, 0.25) is 0 Å². The predicted molar refractivity (Wildman–Crippen MR) is 70.4 cm³/mol. The summed E-state index contributed by atoms with van der Waals surface area (Å²) >= 11 is 0. The van der Waals surface area contributed by atoms with E-state index in [1.165, 1.54) is 0 Å². The summed E-state index contributed by atoms with van der Waals surface area (Å²) in [6.45, 7) is 8.38. The summed E-state index contributed by atoms with van der Waals surface area (Å²) in [6.07, 6.45) is 0. The first-order valence-corrected chi connectivity index (χ1v) is 6.35. The van der Waals surface area contributed by atoms with E-state index in [2.05, 4.69) is 16.9 Å². The Balaban J connectivity index is 2.13. The first-order valence-electron chi connectivity index (χ1n) is 6.35. The zero-order chi connectivity index (χ0) is 13.3. The first-order chi connectivity index (χ1) is 8.54. The molecule has 100 valence electrons. The molecule has 6 heteroatoms. The van der Waals surface area contributed by atoms with Gasteiger partial charge in [0.1, 0.15) is 5.69 Å². The van der Waals surface area contributed by atoms with Gasteiger partial charge in [0.15, 0.2) is 0 Å². The second-order valence-electron chi connectivity index (χ2n) is 4.70. The number of likely N-dealkylation sites (N-methyl/N-ethyl adjacent to an activating group) is 1. The Morgan fingerprint density at radius 2 is 1.94 bits per heavy atom. The van der Waals surface area contributed by atoms with E-state index in [0.29, 0.717) is 17.1 Å². The van der Waals surface area contributed by atoms with Gasteiger partial charge in [-0.2, -0.15) is 5.10 Å². The Hall–Kier alpha value is -1.56. The van der Waals surface area contributed by atoms with Crippen molar-refractivity contribution in [3.63, 3.8) is 0 Å². The minimum Gasteiger partial charge on any atom is -0.395 e. The molecule has 1 aliphatic heterocycles. The number of aromatic nitrogens is 2. The molecule has 0 aliphatic carbocycles. The molecule has 1 aromatic heterocycles. The summed E-state index contributed by atoms with van der Waals surface area (Å²) in [5, 5.41) is 4.19. The average Bonchev–Trinajstić information content (AvgIpc) is 2.63. The van der Waals surface area contributed by atoms with E-state index in [1.807, 2.05) is 11.8 Å². The molecule has 0 unspecified atom stereocenters. The van der Waals surface area contributed by atoms with Crippen molar-refractivity contribution < 1.29 is 4.79 Å². The lowest BCUT2D eigenvalue weighted by atomic mass is 10.2. The number of aryl methyl sites for hydroxylation is 2. The first kappa shape index (κ1) is 12.9.